The molecule has 124 valence electrons. The molecule has 0 N–H and O–H groups in total. The zero-order chi connectivity index (χ0) is 15.6. The number of carbonyl (C=O) groups is 1. The maximum Gasteiger partial charge on any atom is 0.305 e. The van der Waals surface area contributed by atoms with Gasteiger partial charge in [0.25, 0.3) is 0 Å². The summed E-state index contributed by atoms with van der Waals surface area (Å²) in [6.45, 7) is 2.24. The second-order valence-corrected chi connectivity index (χ2v) is 5.91. The SMILES string of the molecule is CCCCC=CCCCCCCCCCCCC(=O)OC. The molecular formula is C19H36O2. The van der Waals surface area contributed by atoms with Gasteiger partial charge in [-0.3, -0.25) is 4.79 Å². The molecule has 0 rings (SSSR count). The minimum absolute atomic E-state index is 0.0706. The molecule has 0 aliphatic carbocycles. The molecule has 2 heteroatoms. The van der Waals surface area contributed by atoms with Crippen molar-refractivity contribution >= 4 is 5.97 Å². The Hall–Kier alpha value is -0.790. The molecule has 0 atom stereocenters. The molecule has 0 aromatic rings. The third-order valence-corrected chi connectivity index (χ3v) is 3.87. The van der Waals surface area contributed by atoms with Crippen molar-refractivity contribution < 1.29 is 9.53 Å². The lowest BCUT2D eigenvalue weighted by Crippen LogP contribution is -1.99. The maximum atomic E-state index is 10.9. The number of esters is 1. The van der Waals surface area contributed by atoms with Gasteiger partial charge in [-0.15, -0.1) is 0 Å². The number of methoxy groups -OCH3 is 1. The van der Waals surface area contributed by atoms with Crippen LogP contribution in [-0.4, -0.2) is 13.1 Å². The number of unbranched alkanes of at least 4 members (excludes halogenated alkanes) is 11. The van der Waals surface area contributed by atoms with Crippen molar-refractivity contribution in [1.29, 1.82) is 0 Å². The van der Waals surface area contributed by atoms with Crippen molar-refractivity contribution in [2.24, 2.45) is 0 Å². The summed E-state index contributed by atoms with van der Waals surface area (Å²) in [5.74, 6) is -0.0706. The fourth-order valence-electron chi connectivity index (χ4n) is 2.43. The van der Waals surface area contributed by atoms with Crippen molar-refractivity contribution in [3.63, 3.8) is 0 Å². The number of carbonyl (C=O) groups excluding carboxylic acids is 1. The molecule has 0 aliphatic rings. The van der Waals surface area contributed by atoms with Gasteiger partial charge in [0, 0.05) is 6.42 Å². The van der Waals surface area contributed by atoms with Crippen LogP contribution in [0.1, 0.15) is 96.8 Å². The van der Waals surface area contributed by atoms with E-state index in [2.05, 4.69) is 23.8 Å². The first kappa shape index (κ1) is 20.2. The predicted molar refractivity (Wildman–Crippen MR) is 91.5 cm³/mol. The Labute approximate surface area is 132 Å². The average Bonchev–Trinajstić information content (AvgIpc) is 2.50. The van der Waals surface area contributed by atoms with Crippen molar-refractivity contribution in [2.75, 3.05) is 7.11 Å². The van der Waals surface area contributed by atoms with E-state index in [4.69, 9.17) is 0 Å². The first-order valence-electron chi connectivity index (χ1n) is 9.03. The first-order chi connectivity index (χ1) is 10.3. The zero-order valence-corrected chi connectivity index (χ0v) is 14.4. The van der Waals surface area contributed by atoms with Gasteiger partial charge in [-0.05, 0) is 25.7 Å². The molecule has 0 fully saturated rings. The second kappa shape index (κ2) is 17.3. The third-order valence-electron chi connectivity index (χ3n) is 3.87. The summed E-state index contributed by atoms with van der Waals surface area (Å²) in [4.78, 5) is 10.9. The fraction of sp³-hybridized carbons (Fsp3) is 0.842. The molecule has 0 heterocycles. The Balaban J connectivity index is 3.06. The molecule has 0 spiro atoms. The van der Waals surface area contributed by atoms with E-state index in [1.165, 1.54) is 77.7 Å². The Morgan fingerprint density at radius 1 is 0.762 bits per heavy atom. The summed E-state index contributed by atoms with van der Waals surface area (Å²) in [6.07, 6.45) is 22.0. The molecule has 0 radical (unpaired) electrons. The van der Waals surface area contributed by atoms with Crippen LogP contribution in [0.15, 0.2) is 12.2 Å². The van der Waals surface area contributed by atoms with E-state index < -0.39 is 0 Å². The topological polar surface area (TPSA) is 26.3 Å². The van der Waals surface area contributed by atoms with Crippen LogP contribution in [0.2, 0.25) is 0 Å². The van der Waals surface area contributed by atoms with E-state index in [1.54, 1.807) is 0 Å². The van der Waals surface area contributed by atoms with Gasteiger partial charge in [-0.1, -0.05) is 76.9 Å². The van der Waals surface area contributed by atoms with Crippen LogP contribution in [0.5, 0.6) is 0 Å². The largest absolute Gasteiger partial charge is 0.469 e. The zero-order valence-electron chi connectivity index (χ0n) is 14.4. The van der Waals surface area contributed by atoms with E-state index in [0.717, 1.165) is 12.8 Å². The molecule has 0 aromatic heterocycles. The predicted octanol–water partition coefficient (Wildman–Crippen LogP) is 6.20. The first-order valence-corrected chi connectivity index (χ1v) is 9.03. The highest BCUT2D eigenvalue weighted by Gasteiger charge is 1.98. The fourth-order valence-corrected chi connectivity index (χ4v) is 2.43. The van der Waals surface area contributed by atoms with Gasteiger partial charge in [0.15, 0.2) is 0 Å². The quantitative estimate of drug-likeness (QED) is 0.204. The Morgan fingerprint density at radius 3 is 1.76 bits per heavy atom. The summed E-state index contributed by atoms with van der Waals surface area (Å²) < 4.78 is 4.63. The van der Waals surface area contributed by atoms with E-state index in [-0.39, 0.29) is 5.97 Å². The normalized spacial score (nSPS) is 11.1. The van der Waals surface area contributed by atoms with E-state index >= 15 is 0 Å². The lowest BCUT2D eigenvalue weighted by Gasteiger charge is -2.02. The van der Waals surface area contributed by atoms with Crippen molar-refractivity contribution in [3.05, 3.63) is 12.2 Å². The standard InChI is InChI=1S/C19H36O2/c1-3-4-5-6-7-8-9-10-11-12-13-14-15-16-17-18-19(20)21-2/h6-7H,3-5,8-18H2,1-2H3. The van der Waals surface area contributed by atoms with Gasteiger partial charge in [0.05, 0.1) is 7.11 Å². The number of ether oxygens (including phenoxy) is 1. The van der Waals surface area contributed by atoms with Crippen LogP contribution in [0.4, 0.5) is 0 Å². The summed E-state index contributed by atoms with van der Waals surface area (Å²) in [6, 6.07) is 0. The van der Waals surface area contributed by atoms with Gasteiger partial charge < -0.3 is 4.74 Å². The average molecular weight is 296 g/mol. The summed E-state index contributed by atoms with van der Waals surface area (Å²) >= 11 is 0. The van der Waals surface area contributed by atoms with Gasteiger partial charge in [-0.25, -0.2) is 0 Å². The molecule has 0 aliphatic heterocycles. The second-order valence-electron chi connectivity index (χ2n) is 5.91. The van der Waals surface area contributed by atoms with Gasteiger partial charge in [0.1, 0.15) is 0 Å². The van der Waals surface area contributed by atoms with Crippen LogP contribution in [-0.2, 0) is 9.53 Å². The van der Waals surface area contributed by atoms with Crippen LogP contribution < -0.4 is 0 Å². The Kier molecular flexibility index (Phi) is 16.6. The number of hydrogen-bond donors (Lipinski definition) is 0. The van der Waals surface area contributed by atoms with Gasteiger partial charge in [0.2, 0.25) is 0 Å². The van der Waals surface area contributed by atoms with E-state index in [9.17, 15) is 4.79 Å². The molecular weight excluding hydrogens is 260 g/mol. The minimum Gasteiger partial charge on any atom is -0.469 e. The monoisotopic (exact) mass is 296 g/mol. The van der Waals surface area contributed by atoms with Crippen molar-refractivity contribution in [2.45, 2.75) is 96.8 Å². The summed E-state index contributed by atoms with van der Waals surface area (Å²) in [7, 11) is 1.46. The third kappa shape index (κ3) is 17.2. The number of allylic oxidation sites excluding steroid dienone is 2. The van der Waals surface area contributed by atoms with Crippen molar-refractivity contribution in [1.82, 2.24) is 0 Å². The van der Waals surface area contributed by atoms with Crippen LogP contribution in [0.25, 0.3) is 0 Å². The molecule has 0 saturated carbocycles. The minimum atomic E-state index is -0.0706. The highest BCUT2D eigenvalue weighted by atomic mass is 16.5. The molecule has 0 unspecified atom stereocenters. The Bertz CT molecular complexity index is 246. The lowest BCUT2D eigenvalue weighted by molar-refractivity contribution is -0.140. The summed E-state index contributed by atoms with van der Waals surface area (Å²) in [5, 5.41) is 0. The molecule has 0 saturated heterocycles. The van der Waals surface area contributed by atoms with Gasteiger partial charge in [-0.2, -0.15) is 0 Å². The smallest absolute Gasteiger partial charge is 0.305 e. The Morgan fingerprint density at radius 2 is 1.24 bits per heavy atom. The maximum absolute atomic E-state index is 10.9. The molecule has 0 aromatic carbocycles. The molecule has 21 heavy (non-hydrogen) atoms. The molecule has 0 bridgehead atoms. The highest BCUT2D eigenvalue weighted by Crippen LogP contribution is 2.11. The van der Waals surface area contributed by atoms with Crippen molar-refractivity contribution in [3.8, 4) is 0 Å². The highest BCUT2D eigenvalue weighted by molar-refractivity contribution is 5.68. The van der Waals surface area contributed by atoms with Crippen LogP contribution >= 0.6 is 0 Å². The summed E-state index contributed by atoms with van der Waals surface area (Å²) in [5.41, 5.74) is 0. The molecule has 0 amide bonds. The van der Waals surface area contributed by atoms with Crippen LogP contribution in [0.3, 0.4) is 0 Å². The van der Waals surface area contributed by atoms with Crippen LogP contribution in [0, 0.1) is 0 Å². The number of hydrogen-bond acceptors (Lipinski definition) is 2. The van der Waals surface area contributed by atoms with E-state index in [1.807, 2.05) is 0 Å². The van der Waals surface area contributed by atoms with E-state index in [0.29, 0.717) is 6.42 Å². The lowest BCUT2D eigenvalue weighted by atomic mass is 10.1. The van der Waals surface area contributed by atoms with Gasteiger partial charge >= 0.3 is 5.97 Å². The number of rotatable bonds is 15. The molecule has 2 nitrogen and oxygen atoms in total.